The summed E-state index contributed by atoms with van der Waals surface area (Å²) in [7, 11) is 0. The minimum atomic E-state index is -0.423. The average Bonchev–Trinajstić information content (AvgIpc) is 2.69. The molecular formula is C21H20N2O4S. The summed E-state index contributed by atoms with van der Waals surface area (Å²) in [6.45, 7) is 2.04. The van der Waals surface area contributed by atoms with Crippen LogP contribution in [0.15, 0.2) is 70.5 Å². The number of aliphatic hydroxyl groups excluding tert-OH is 1. The predicted molar refractivity (Wildman–Crippen MR) is 110 cm³/mol. The van der Waals surface area contributed by atoms with Crippen LogP contribution in [0, 0.1) is 17.0 Å². The van der Waals surface area contributed by atoms with Crippen LogP contribution in [0.3, 0.4) is 0 Å². The summed E-state index contributed by atoms with van der Waals surface area (Å²) in [5.41, 5.74) is 2.80. The van der Waals surface area contributed by atoms with Crippen LogP contribution < -0.4 is 5.32 Å². The molecule has 6 nitrogen and oxygen atoms in total. The lowest BCUT2D eigenvalue weighted by Gasteiger charge is -2.13. The van der Waals surface area contributed by atoms with E-state index in [-0.39, 0.29) is 24.6 Å². The Bertz CT molecular complexity index is 990. The van der Waals surface area contributed by atoms with Gasteiger partial charge in [0.05, 0.1) is 17.2 Å². The number of nitro groups is 1. The first-order valence-electron chi connectivity index (χ1n) is 8.65. The van der Waals surface area contributed by atoms with Gasteiger partial charge >= 0.3 is 0 Å². The molecule has 0 radical (unpaired) electrons. The van der Waals surface area contributed by atoms with Crippen molar-refractivity contribution < 1.29 is 15.1 Å². The first kappa shape index (κ1) is 19.7. The van der Waals surface area contributed by atoms with E-state index in [2.05, 4.69) is 5.32 Å². The minimum Gasteiger partial charge on any atom is -0.505 e. The normalized spacial score (nSPS) is 10.6. The maximum Gasteiger partial charge on any atom is 0.269 e. The number of nitro benzene ring substituents is 1. The number of hydrogen-bond donors (Lipinski definition) is 3. The molecule has 0 aliphatic rings. The van der Waals surface area contributed by atoms with Crippen molar-refractivity contribution in [3.8, 4) is 5.75 Å². The fourth-order valence-corrected chi connectivity index (χ4v) is 3.63. The molecule has 0 heterocycles. The van der Waals surface area contributed by atoms with Crippen molar-refractivity contribution in [2.45, 2.75) is 29.9 Å². The molecule has 0 saturated carbocycles. The molecule has 0 unspecified atom stereocenters. The fraction of sp³-hybridized carbons (Fsp3) is 0.143. The first-order valence-corrected chi connectivity index (χ1v) is 9.47. The summed E-state index contributed by atoms with van der Waals surface area (Å²) in [5.74, 6) is -0.0248. The number of rotatable bonds is 7. The number of aromatic hydroxyl groups is 1. The number of nitrogens with one attached hydrogen (secondary N) is 1. The molecule has 0 bridgehead atoms. The Morgan fingerprint density at radius 1 is 1.07 bits per heavy atom. The van der Waals surface area contributed by atoms with Gasteiger partial charge in [0.15, 0.2) is 0 Å². The molecule has 3 rings (SSSR count). The fourth-order valence-electron chi connectivity index (χ4n) is 2.70. The van der Waals surface area contributed by atoms with Crippen molar-refractivity contribution >= 4 is 23.1 Å². The quantitative estimate of drug-likeness (QED) is 0.300. The van der Waals surface area contributed by atoms with Crippen LogP contribution in [0.1, 0.15) is 16.7 Å². The van der Waals surface area contributed by atoms with Gasteiger partial charge < -0.3 is 15.5 Å². The van der Waals surface area contributed by atoms with Gasteiger partial charge in [-0.15, -0.1) is 0 Å². The number of phenols is 1. The van der Waals surface area contributed by atoms with Crippen LogP contribution in [0.4, 0.5) is 11.4 Å². The van der Waals surface area contributed by atoms with E-state index in [1.54, 1.807) is 24.3 Å². The van der Waals surface area contributed by atoms with Crippen molar-refractivity contribution in [1.82, 2.24) is 0 Å². The van der Waals surface area contributed by atoms with Gasteiger partial charge in [-0.25, -0.2) is 0 Å². The van der Waals surface area contributed by atoms with Crippen LogP contribution in [-0.4, -0.2) is 15.1 Å². The Morgan fingerprint density at radius 3 is 2.50 bits per heavy atom. The van der Waals surface area contributed by atoms with Crippen LogP contribution >= 0.6 is 11.8 Å². The summed E-state index contributed by atoms with van der Waals surface area (Å²) >= 11 is 1.53. The van der Waals surface area contributed by atoms with Crippen LogP contribution in [0.25, 0.3) is 0 Å². The molecule has 0 aliphatic heterocycles. The lowest BCUT2D eigenvalue weighted by Crippen LogP contribution is -2.03. The molecule has 0 amide bonds. The number of para-hydroxylation sites is 1. The molecule has 0 aliphatic carbocycles. The lowest BCUT2D eigenvalue weighted by molar-refractivity contribution is -0.385. The number of nitrogens with zero attached hydrogens (tertiary/aromatic N) is 1. The second kappa shape index (κ2) is 8.77. The van der Waals surface area contributed by atoms with Gasteiger partial charge in [-0.05, 0) is 36.8 Å². The maximum atomic E-state index is 11.2. The second-order valence-electron chi connectivity index (χ2n) is 6.29. The average molecular weight is 396 g/mol. The molecule has 0 aromatic heterocycles. The number of benzene rings is 3. The third-order valence-corrected chi connectivity index (χ3v) is 5.39. The van der Waals surface area contributed by atoms with E-state index in [1.165, 1.54) is 23.9 Å². The molecule has 28 heavy (non-hydrogen) atoms. The van der Waals surface area contributed by atoms with E-state index in [1.807, 2.05) is 31.2 Å². The smallest absolute Gasteiger partial charge is 0.269 e. The van der Waals surface area contributed by atoms with Crippen molar-refractivity contribution in [2.75, 3.05) is 5.32 Å². The second-order valence-corrected chi connectivity index (χ2v) is 7.40. The summed E-state index contributed by atoms with van der Waals surface area (Å²) in [4.78, 5) is 12.7. The maximum absolute atomic E-state index is 11.2. The highest BCUT2D eigenvalue weighted by atomic mass is 32.2. The Hall–Kier alpha value is -3.03. The standard InChI is InChI=1S/C21H20N2O4S/c1-14-5-8-18(9-6-14)28-20-10-7-17(23(26)27)11-16(20)12-22-19-4-2-3-15(13-24)21(19)25/h2-11,22,24-25H,12-13H2,1H3. The van der Waals surface area contributed by atoms with E-state index >= 15 is 0 Å². The molecule has 3 aromatic rings. The van der Waals surface area contributed by atoms with Gasteiger partial charge in [0.2, 0.25) is 0 Å². The zero-order valence-electron chi connectivity index (χ0n) is 15.3. The largest absolute Gasteiger partial charge is 0.505 e. The van der Waals surface area contributed by atoms with E-state index in [0.717, 1.165) is 20.9 Å². The highest BCUT2D eigenvalue weighted by molar-refractivity contribution is 7.99. The topological polar surface area (TPSA) is 95.6 Å². The molecule has 0 spiro atoms. The number of anilines is 1. The molecule has 0 atom stereocenters. The summed E-state index contributed by atoms with van der Waals surface area (Å²) in [6.07, 6.45) is 0. The number of aliphatic hydroxyl groups is 1. The Labute approximate surface area is 167 Å². The SMILES string of the molecule is Cc1ccc(Sc2ccc([N+](=O)[O-])cc2CNc2cccc(CO)c2O)cc1. The van der Waals surface area contributed by atoms with E-state index in [9.17, 15) is 20.3 Å². The van der Waals surface area contributed by atoms with Crippen molar-refractivity contribution in [1.29, 1.82) is 0 Å². The summed E-state index contributed by atoms with van der Waals surface area (Å²) in [6, 6.07) is 17.9. The van der Waals surface area contributed by atoms with Gasteiger partial charge in [0.1, 0.15) is 5.75 Å². The minimum absolute atomic E-state index is 0.0124. The van der Waals surface area contributed by atoms with Gasteiger partial charge in [-0.2, -0.15) is 0 Å². The van der Waals surface area contributed by atoms with Gasteiger partial charge in [0, 0.05) is 34.0 Å². The molecular weight excluding hydrogens is 376 g/mol. The van der Waals surface area contributed by atoms with Gasteiger partial charge in [-0.3, -0.25) is 10.1 Å². The molecule has 0 fully saturated rings. The Kier molecular flexibility index (Phi) is 6.18. The molecule has 0 saturated heterocycles. The zero-order chi connectivity index (χ0) is 20.1. The molecule has 3 N–H and O–H groups in total. The Balaban J connectivity index is 1.88. The van der Waals surface area contributed by atoms with Gasteiger partial charge in [-0.1, -0.05) is 41.6 Å². The first-order chi connectivity index (χ1) is 13.5. The predicted octanol–water partition coefficient (Wildman–Crippen LogP) is 4.86. The number of hydrogen-bond acceptors (Lipinski definition) is 6. The lowest BCUT2D eigenvalue weighted by atomic mass is 10.1. The molecule has 3 aromatic carbocycles. The van der Waals surface area contributed by atoms with Crippen LogP contribution in [0.5, 0.6) is 5.75 Å². The monoisotopic (exact) mass is 396 g/mol. The summed E-state index contributed by atoms with van der Waals surface area (Å²) < 4.78 is 0. The summed E-state index contributed by atoms with van der Waals surface area (Å²) in [5, 5.41) is 33.8. The highest BCUT2D eigenvalue weighted by Crippen LogP contribution is 2.34. The number of aryl methyl sites for hydroxylation is 1. The van der Waals surface area contributed by atoms with Crippen LogP contribution in [0.2, 0.25) is 0 Å². The van der Waals surface area contributed by atoms with Crippen molar-refractivity contribution in [3.63, 3.8) is 0 Å². The van der Waals surface area contributed by atoms with Crippen LogP contribution in [-0.2, 0) is 13.2 Å². The third-order valence-electron chi connectivity index (χ3n) is 4.26. The van der Waals surface area contributed by atoms with Crippen molar-refractivity contribution in [2.24, 2.45) is 0 Å². The van der Waals surface area contributed by atoms with E-state index in [4.69, 9.17) is 0 Å². The van der Waals surface area contributed by atoms with E-state index in [0.29, 0.717) is 11.3 Å². The zero-order valence-corrected chi connectivity index (χ0v) is 16.1. The Morgan fingerprint density at radius 2 is 1.82 bits per heavy atom. The van der Waals surface area contributed by atoms with E-state index < -0.39 is 4.92 Å². The molecule has 144 valence electrons. The van der Waals surface area contributed by atoms with Crippen molar-refractivity contribution in [3.05, 3.63) is 87.5 Å². The third kappa shape index (κ3) is 4.62. The van der Waals surface area contributed by atoms with Gasteiger partial charge in [0.25, 0.3) is 5.69 Å². The molecule has 7 heteroatoms. The highest BCUT2D eigenvalue weighted by Gasteiger charge is 2.13. The number of non-ortho nitro benzene ring substituents is 1.